The molecule has 0 radical (unpaired) electrons. The average molecular weight is 222 g/mol. The summed E-state index contributed by atoms with van der Waals surface area (Å²) in [7, 11) is 0. The van der Waals surface area contributed by atoms with Crippen molar-refractivity contribution in [2.45, 2.75) is 62.9 Å². The van der Waals surface area contributed by atoms with Gasteiger partial charge in [-0.2, -0.15) is 0 Å². The number of nitrogens with one attached hydrogen (secondary N) is 1. The quantitative estimate of drug-likeness (QED) is 0.761. The Balaban J connectivity index is 1.52. The van der Waals surface area contributed by atoms with Crippen LogP contribution in [0.1, 0.15) is 51.4 Å². The van der Waals surface area contributed by atoms with Gasteiger partial charge in [0.15, 0.2) is 0 Å². The van der Waals surface area contributed by atoms with E-state index in [1.165, 1.54) is 38.5 Å². The van der Waals surface area contributed by atoms with Crippen LogP contribution in [0, 0.1) is 11.8 Å². The molecule has 4 rings (SSSR count). The Labute approximate surface area is 97.2 Å². The van der Waals surface area contributed by atoms with Crippen molar-refractivity contribution >= 4 is 5.91 Å². The van der Waals surface area contributed by atoms with Crippen LogP contribution in [0.15, 0.2) is 0 Å². The van der Waals surface area contributed by atoms with E-state index >= 15 is 0 Å². The van der Waals surface area contributed by atoms with Gasteiger partial charge in [-0.25, -0.2) is 0 Å². The summed E-state index contributed by atoms with van der Waals surface area (Å²) in [5.74, 6) is 1.46. The van der Waals surface area contributed by atoms with Gasteiger partial charge >= 0.3 is 0 Å². The Morgan fingerprint density at radius 2 is 1.81 bits per heavy atom. The van der Waals surface area contributed by atoms with Crippen molar-refractivity contribution < 1.29 is 4.79 Å². The van der Waals surface area contributed by atoms with E-state index in [1.807, 2.05) is 0 Å². The molecular formula is C13H22N2O. The van der Waals surface area contributed by atoms with E-state index < -0.39 is 0 Å². The van der Waals surface area contributed by atoms with Gasteiger partial charge in [-0.3, -0.25) is 4.79 Å². The van der Waals surface area contributed by atoms with Crippen LogP contribution in [-0.2, 0) is 4.79 Å². The summed E-state index contributed by atoms with van der Waals surface area (Å²) < 4.78 is 0. The van der Waals surface area contributed by atoms with Gasteiger partial charge in [0.25, 0.3) is 0 Å². The van der Waals surface area contributed by atoms with Gasteiger partial charge in [-0.05, 0) is 43.9 Å². The first-order valence-corrected chi connectivity index (χ1v) is 6.76. The number of hydrogen-bond acceptors (Lipinski definition) is 2. The molecule has 4 fully saturated rings. The Kier molecular flexibility index (Phi) is 2.46. The maximum absolute atomic E-state index is 12.0. The van der Waals surface area contributed by atoms with E-state index in [1.54, 1.807) is 0 Å². The molecule has 4 saturated carbocycles. The lowest BCUT2D eigenvalue weighted by molar-refractivity contribution is -0.135. The van der Waals surface area contributed by atoms with Gasteiger partial charge in [0, 0.05) is 5.54 Å². The highest BCUT2D eigenvalue weighted by Gasteiger charge is 2.57. The van der Waals surface area contributed by atoms with Crippen LogP contribution in [-0.4, -0.2) is 17.5 Å². The highest BCUT2D eigenvalue weighted by atomic mass is 16.2. The standard InChI is InChI=1S/C13H22N2O/c14-11(10-4-2-1-3-5-10)12(16)15-13-6-9(7-13)8-13/h9-11H,1-8,14H2,(H,15,16)/t9?,11-,13?/m0/s1. The summed E-state index contributed by atoms with van der Waals surface area (Å²) in [6, 6.07) is -0.255. The predicted molar refractivity (Wildman–Crippen MR) is 62.8 cm³/mol. The molecule has 3 nitrogen and oxygen atoms in total. The van der Waals surface area contributed by atoms with E-state index in [0.717, 1.165) is 18.8 Å². The Bertz CT molecular complexity index is 279. The normalized spacial score (nSPS) is 39.4. The van der Waals surface area contributed by atoms with Crippen molar-refractivity contribution in [1.29, 1.82) is 0 Å². The van der Waals surface area contributed by atoms with Gasteiger partial charge < -0.3 is 11.1 Å². The molecule has 1 atom stereocenters. The van der Waals surface area contributed by atoms with Crippen molar-refractivity contribution in [3.8, 4) is 0 Å². The van der Waals surface area contributed by atoms with Crippen LogP contribution in [0.4, 0.5) is 0 Å². The second-order valence-electron chi connectivity index (χ2n) is 6.17. The summed E-state index contributed by atoms with van der Waals surface area (Å²) in [5, 5.41) is 3.19. The molecule has 2 bridgehead atoms. The molecule has 0 aliphatic heterocycles. The van der Waals surface area contributed by atoms with Crippen LogP contribution in [0.5, 0.6) is 0 Å². The van der Waals surface area contributed by atoms with Crippen molar-refractivity contribution in [2.24, 2.45) is 17.6 Å². The molecule has 90 valence electrons. The molecule has 4 aliphatic carbocycles. The number of rotatable bonds is 3. The van der Waals surface area contributed by atoms with E-state index in [2.05, 4.69) is 5.32 Å². The lowest BCUT2D eigenvalue weighted by Crippen LogP contribution is -2.70. The lowest BCUT2D eigenvalue weighted by Gasteiger charge is -2.62. The zero-order chi connectivity index (χ0) is 11.2. The maximum atomic E-state index is 12.0. The third kappa shape index (κ3) is 1.65. The van der Waals surface area contributed by atoms with E-state index in [4.69, 9.17) is 5.73 Å². The average Bonchev–Trinajstić information content (AvgIpc) is 2.21. The minimum absolute atomic E-state index is 0.116. The molecule has 0 unspecified atom stereocenters. The minimum Gasteiger partial charge on any atom is -0.349 e. The first kappa shape index (κ1) is 10.6. The van der Waals surface area contributed by atoms with Crippen LogP contribution in [0.2, 0.25) is 0 Å². The smallest absolute Gasteiger partial charge is 0.237 e. The summed E-state index contributed by atoms with van der Waals surface area (Å²) >= 11 is 0. The van der Waals surface area contributed by atoms with Gasteiger partial charge in [-0.1, -0.05) is 19.3 Å². The number of nitrogens with two attached hydrogens (primary N) is 1. The molecule has 3 N–H and O–H groups in total. The fraction of sp³-hybridized carbons (Fsp3) is 0.923. The fourth-order valence-corrected chi connectivity index (χ4v) is 3.68. The predicted octanol–water partition coefficient (Wildman–Crippen LogP) is 1.56. The van der Waals surface area contributed by atoms with Crippen LogP contribution < -0.4 is 11.1 Å². The van der Waals surface area contributed by atoms with Crippen molar-refractivity contribution in [2.75, 3.05) is 0 Å². The second kappa shape index (κ2) is 3.73. The number of hydrogen-bond donors (Lipinski definition) is 2. The summed E-state index contributed by atoms with van der Waals surface area (Å²) in [5.41, 5.74) is 6.27. The molecule has 16 heavy (non-hydrogen) atoms. The summed E-state index contributed by atoms with van der Waals surface area (Å²) in [6.07, 6.45) is 9.71. The Morgan fingerprint density at radius 3 is 2.31 bits per heavy atom. The number of carbonyl (C=O) groups is 1. The van der Waals surface area contributed by atoms with Gasteiger partial charge in [0.1, 0.15) is 0 Å². The molecule has 4 aliphatic rings. The SMILES string of the molecule is N[C@H](C(=O)NC12CC(C1)C2)C1CCCCC1. The lowest BCUT2D eigenvalue weighted by atomic mass is 9.50. The minimum atomic E-state index is -0.255. The molecule has 0 saturated heterocycles. The Morgan fingerprint density at radius 1 is 1.19 bits per heavy atom. The largest absolute Gasteiger partial charge is 0.349 e. The second-order valence-corrected chi connectivity index (χ2v) is 6.17. The summed E-state index contributed by atoms with van der Waals surface area (Å²) in [4.78, 5) is 12.0. The number of amides is 1. The topological polar surface area (TPSA) is 55.1 Å². The maximum Gasteiger partial charge on any atom is 0.237 e. The van der Waals surface area contributed by atoms with Crippen LogP contribution in [0.3, 0.4) is 0 Å². The molecule has 1 amide bonds. The van der Waals surface area contributed by atoms with Crippen LogP contribution >= 0.6 is 0 Å². The van der Waals surface area contributed by atoms with E-state index in [0.29, 0.717) is 5.92 Å². The molecular weight excluding hydrogens is 200 g/mol. The highest BCUT2D eigenvalue weighted by Crippen LogP contribution is 2.56. The Hall–Kier alpha value is -0.570. The van der Waals surface area contributed by atoms with Gasteiger partial charge in [0.05, 0.1) is 6.04 Å². The van der Waals surface area contributed by atoms with E-state index in [-0.39, 0.29) is 17.5 Å². The highest BCUT2D eigenvalue weighted by molar-refractivity contribution is 5.83. The van der Waals surface area contributed by atoms with Gasteiger partial charge in [0.2, 0.25) is 5.91 Å². The summed E-state index contributed by atoms with van der Waals surface area (Å²) in [6.45, 7) is 0. The van der Waals surface area contributed by atoms with E-state index in [9.17, 15) is 4.79 Å². The van der Waals surface area contributed by atoms with Crippen LogP contribution in [0.25, 0.3) is 0 Å². The van der Waals surface area contributed by atoms with Crippen molar-refractivity contribution in [1.82, 2.24) is 5.32 Å². The van der Waals surface area contributed by atoms with Crippen molar-refractivity contribution in [3.63, 3.8) is 0 Å². The third-order valence-corrected chi connectivity index (χ3v) is 4.89. The monoisotopic (exact) mass is 222 g/mol. The molecule has 0 aromatic heterocycles. The fourth-order valence-electron chi connectivity index (χ4n) is 3.68. The van der Waals surface area contributed by atoms with Crippen molar-refractivity contribution in [3.05, 3.63) is 0 Å². The molecule has 0 spiro atoms. The molecule has 0 aromatic carbocycles. The zero-order valence-corrected chi connectivity index (χ0v) is 9.87. The number of carbonyl (C=O) groups excluding carboxylic acids is 1. The molecule has 0 heterocycles. The first-order valence-electron chi connectivity index (χ1n) is 6.76. The zero-order valence-electron chi connectivity index (χ0n) is 9.87. The molecule has 3 heteroatoms. The third-order valence-electron chi connectivity index (χ3n) is 4.89. The first-order chi connectivity index (χ1) is 7.69. The molecule has 0 aromatic rings. The van der Waals surface area contributed by atoms with Gasteiger partial charge in [-0.15, -0.1) is 0 Å².